The maximum absolute atomic E-state index is 11.4. The van der Waals surface area contributed by atoms with Gasteiger partial charge in [0.05, 0.1) is 19.4 Å². The van der Waals surface area contributed by atoms with E-state index in [9.17, 15) is 4.79 Å². The summed E-state index contributed by atoms with van der Waals surface area (Å²) in [6.45, 7) is 7.78. The predicted octanol–water partition coefficient (Wildman–Crippen LogP) is 3.18. The van der Waals surface area contributed by atoms with Crippen LogP contribution in [0.3, 0.4) is 0 Å². The molecule has 1 N–H and O–H groups in total. The fourth-order valence-electron chi connectivity index (χ4n) is 4.50. The first-order valence-electron chi connectivity index (χ1n) is 11.2. The highest BCUT2D eigenvalue weighted by molar-refractivity contribution is 5.78. The zero-order valence-electron chi connectivity index (χ0n) is 18.4. The van der Waals surface area contributed by atoms with Crippen molar-refractivity contribution in [2.75, 3.05) is 44.7 Å². The number of likely N-dealkylation sites (tertiary alicyclic amines) is 1. The number of hydrogen-bond donors (Lipinski definition) is 1. The maximum Gasteiger partial charge on any atom is 0.237 e. The van der Waals surface area contributed by atoms with Crippen LogP contribution >= 0.6 is 0 Å². The Kier molecular flexibility index (Phi) is 5.80. The summed E-state index contributed by atoms with van der Waals surface area (Å²) in [5.41, 5.74) is 2.14. The van der Waals surface area contributed by atoms with E-state index in [0.717, 1.165) is 49.8 Å². The third-order valence-electron chi connectivity index (χ3n) is 6.16. The molecule has 4 heterocycles. The van der Waals surface area contributed by atoms with Crippen LogP contribution in [0.4, 0.5) is 5.82 Å². The summed E-state index contributed by atoms with van der Waals surface area (Å²) in [5, 5.41) is 7.92. The third kappa shape index (κ3) is 4.76. The Balaban J connectivity index is 1.14. The lowest BCUT2D eigenvalue weighted by Crippen LogP contribution is -2.44. The Bertz CT molecular complexity index is 1110. The summed E-state index contributed by atoms with van der Waals surface area (Å²) in [4.78, 5) is 18.5. The van der Waals surface area contributed by atoms with Crippen molar-refractivity contribution in [1.82, 2.24) is 19.5 Å². The van der Waals surface area contributed by atoms with Crippen LogP contribution in [0.2, 0.25) is 0 Å². The number of nitrogens with one attached hydrogen (secondary N) is 1. The number of hydrogen-bond acceptors (Lipinski definition) is 7. The summed E-state index contributed by atoms with van der Waals surface area (Å²) in [5.74, 6) is 2.07. The highest BCUT2D eigenvalue weighted by atomic mass is 16.5. The Morgan fingerprint density at radius 1 is 1.28 bits per heavy atom. The molecule has 0 saturated carbocycles. The summed E-state index contributed by atoms with van der Waals surface area (Å²) in [6.07, 6.45) is 4.62. The summed E-state index contributed by atoms with van der Waals surface area (Å²) in [7, 11) is 0. The average molecular weight is 436 g/mol. The molecule has 0 amide bonds. The lowest BCUT2D eigenvalue weighted by atomic mass is 9.85. The zero-order chi connectivity index (χ0) is 22.0. The van der Waals surface area contributed by atoms with Gasteiger partial charge in [0, 0.05) is 31.0 Å². The van der Waals surface area contributed by atoms with Crippen LogP contribution in [-0.4, -0.2) is 64.7 Å². The monoisotopic (exact) mass is 435 g/mol. The predicted molar refractivity (Wildman–Crippen MR) is 121 cm³/mol. The van der Waals surface area contributed by atoms with Gasteiger partial charge >= 0.3 is 0 Å². The van der Waals surface area contributed by atoms with E-state index in [1.165, 1.54) is 19.5 Å². The number of fused-ring (bicyclic) bond motifs is 1. The topological polar surface area (TPSA) is 81.0 Å². The molecule has 0 atom stereocenters. The van der Waals surface area contributed by atoms with Gasteiger partial charge in [0.1, 0.15) is 17.4 Å². The molecule has 32 heavy (non-hydrogen) atoms. The van der Waals surface area contributed by atoms with E-state index in [4.69, 9.17) is 9.47 Å². The van der Waals surface area contributed by atoms with Gasteiger partial charge in [0.15, 0.2) is 5.65 Å². The number of anilines is 1. The first-order chi connectivity index (χ1) is 15.6. The van der Waals surface area contributed by atoms with E-state index < -0.39 is 0 Å². The molecular weight excluding hydrogens is 406 g/mol. The second-order valence-electron chi connectivity index (χ2n) is 9.03. The second kappa shape index (κ2) is 8.88. The van der Waals surface area contributed by atoms with Crippen LogP contribution in [0.5, 0.6) is 11.6 Å². The van der Waals surface area contributed by atoms with E-state index in [2.05, 4.69) is 20.3 Å². The van der Waals surface area contributed by atoms with Gasteiger partial charge < -0.3 is 19.7 Å². The number of carbonyl (C=O) groups is 1. The molecule has 2 saturated heterocycles. The van der Waals surface area contributed by atoms with Crippen LogP contribution in [0.25, 0.3) is 5.65 Å². The summed E-state index contributed by atoms with van der Waals surface area (Å²) >= 11 is 0. The second-order valence-corrected chi connectivity index (χ2v) is 9.03. The van der Waals surface area contributed by atoms with Gasteiger partial charge in [0.25, 0.3) is 0 Å². The summed E-state index contributed by atoms with van der Waals surface area (Å²) in [6, 6.07) is 11.2. The molecular formula is C24H29N5O3. The quantitative estimate of drug-likeness (QED) is 0.517. The first-order valence-corrected chi connectivity index (χ1v) is 11.2. The number of ketones is 1. The van der Waals surface area contributed by atoms with Gasteiger partial charge in [-0.1, -0.05) is 12.1 Å². The van der Waals surface area contributed by atoms with Crippen molar-refractivity contribution >= 4 is 17.2 Å². The molecule has 8 heteroatoms. The van der Waals surface area contributed by atoms with Crippen LogP contribution in [0.1, 0.15) is 25.3 Å². The lowest BCUT2D eigenvalue weighted by Gasteiger charge is -2.37. The minimum Gasteiger partial charge on any atom is -0.438 e. The number of carbonyl (C=O) groups excluding carboxylic acids is 1. The fourth-order valence-corrected chi connectivity index (χ4v) is 4.50. The Morgan fingerprint density at radius 3 is 2.97 bits per heavy atom. The molecule has 2 fully saturated rings. The molecule has 168 valence electrons. The Labute approximate surface area is 187 Å². The van der Waals surface area contributed by atoms with Crippen LogP contribution < -0.4 is 10.1 Å². The van der Waals surface area contributed by atoms with Gasteiger partial charge in [-0.2, -0.15) is 0 Å². The van der Waals surface area contributed by atoms with Gasteiger partial charge in [-0.3, -0.25) is 4.79 Å². The lowest BCUT2D eigenvalue weighted by molar-refractivity contribution is -0.116. The molecule has 2 aromatic heterocycles. The normalized spacial score (nSPS) is 17.5. The first kappa shape index (κ1) is 20.9. The third-order valence-corrected chi connectivity index (χ3v) is 6.16. The fraction of sp³-hybridized carbons (Fsp3) is 0.458. The minimum atomic E-state index is 0.123. The number of benzene rings is 1. The van der Waals surface area contributed by atoms with Crippen LogP contribution in [0, 0.1) is 5.41 Å². The number of ether oxygens (including phenoxy) is 2. The summed E-state index contributed by atoms with van der Waals surface area (Å²) < 4.78 is 13.0. The molecule has 0 unspecified atom stereocenters. The van der Waals surface area contributed by atoms with Gasteiger partial charge in [-0.15, -0.1) is 5.10 Å². The van der Waals surface area contributed by atoms with E-state index in [-0.39, 0.29) is 5.78 Å². The van der Waals surface area contributed by atoms with E-state index in [1.807, 2.05) is 36.5 Å². The minimum absolute atomic E-state index is 0.123. The molecule has 1 spiro atoms. The smallest absolute Gasteiger partial charge is 0.237 e. The molecule has 5 rings (SSSR count). The number of aromatic nitrogens is 3. The van der Waals surface area contributed by atoms with Crippen molar-refractivity contribution in [1.29, 1.82) is 0 Å². The molecule has 8 nitrogen and oxygen atoms in total. The van der Waals surface area contributed by atoms with Crippen molar-refractivity contribution in [3.8, 4) is 11.6 Å². The van der Waals surface area contributed by atoms with Crippen molar-refractivity contribution in [2.24, 2.45) is 5.41 Å². The molecule has 0 aliphatic carbocycles. The number of Topliss-reactive ketones (excluding diaryl/α,β-unsaturated/α-hetero) is 1. The Hall–Kier alpha value is -2.97. The standard InChI is InChI=1S/C24H29N5O3/c1-18(30)12-19-4-2-5-20(13-19)32-23-7-6-22-26-21(14-29(22)27-23)25-9-3-10-28-11-8-24(15-28)16-31-17-24/h2,4-7,13-14,25H,3,8-12,15-17H2,1H3. The maximum atomic E-state index is 11.4. The van der Waals surface area contributed by atoms with E-state index in [1.54, 1.807) is 17.5 Å². The van der Waals surface area contributed by atoms with Crippen LogP contribution in [-0.2, 0) is 16.0 Å². The van der Waals surface area contributed by atoms with E-state index in [0.29, 0.717) is 23.5 Å². The highest BCUT2D eigenvalue weighted by Gasteiger charge is 2.43. The zero-order valence-corrected chi connectivity index (χ0v) is 18.4. The van der Waals surface area contributed by atoms with Gasteiger partial charge in [-0.25, -0.2) is 9.50 Å². The molecule has 3 aromatic rings. The van der Waals surface area contributed by atoms with Crippen molar-refractivity contribution < 1.29 is 14.3 Å². The van der Waals surface area contributed by atoms with Gasteiger partial charge in [0.2, 0.25) is 5.88 Å². The SMILES string of the molecule is CC(=O)Cc1cccc(Oc2ccc3nc(NCCCN4CCC5(COC5)C4)cn3n2)c1. The number of nitrogens with zero attached hydrogens (tertiary/aromatic N) is 4. The largest absolute Gasteiger partial charge is 0.438 e. The van der Waals surface area contributed by atoms with Crippen molar-refractivity contribution in [3.63, 3.8) is 0 Å². The van der Waals surface area contributed by atoms with E-state index >= 15 is 0 Å². The highest BCUT2D eigenvalue weighted by Crippen LogP contribution is 2.37. The molecule has 0 radical (unpaired) electrons. The molecule has 2 aliphatic heterocycles. The molecule has 0 bridgehead atoms. The molecule has 2 aliphatic rings. The average Bonchev–Trinajstić information content (AvgIpc) is 3.35. The van der Waals surface area contributed by atoms with Crippen LogP contribution in [0.15, 0.2) is 42.6 Å². The molecule has 1 aromatic carbocycles. The Morgan fingerprint density at radius 2 is 2.19 bits per heavy atom. The number of imidazole rings is 1. The number of rotatable bonds is 9. The van der Waals surface area contributed by atoms with Crippen molar-refractivity contribution in [2.45, 2.75) is 26.2 Å². The van der Waals surface area contributed by atoms with Gasteiger partial charge in [-0.05, 0) is 56.6 Å². The van der Waals surface area contributed by atoms with Crippen molar-refractivity contribution in [3.05, 3.63) is 48.2 Å².